The highest BCUT2D eigenvalue weighted by molar-refractivity contribution is 7.89. The van der Waals surface area contributed by atoms with Gasteiger partial charge < -0.3 is 10.4 Å². The summed E-state index contributed by atoms with van der Waals surface area (Å²) in [6.45, 7) is 1.40. The number of carbonyl (C=O) groups is 2. The van der Waals surface area contributed by atoms with Crippen LogP contribution >= 0.6 is 0 Å². The topological polar surface area (TPSA) is 113 Å². The molecular formula is C16H16N2O5S. The molecule has 0 fully saturated rings. The molecule has 0 bridgehead atoms. The zero-order valence-corrected chi connectivity index (χ0v) is 13.6. The minimum atomic E-state index is -3.71. The third-order valence-corrected chi connectivity index (χ3v) is 4.57. The van der Waals surface area contributed by atoms with Crippen LogP contribution in [0.5, 0.6) is 0 Å². The Morgan fingerprint density at radius 2 is 1.58 bits per heavy atom. The third-order valence-electron chi connectivity index (χ3n) is 3.15. The van der Waals surface area contributed by atoms with Crippen LogP contribution in [0.4, 0.5) is 5.69 Å². The fraction of sp³-hybridized carbons (Fsp3) is 0.125. The van der Waals surface area contributed by atoms with Crippen LogP contribution in [0.15, 0.2) is 53.4 Å². The van der Waals surface area contributed by atoms with Crippen LogP contribution in [-0.2, 0) is 21.4 Å². The summed E-state index contributed by atoms with van der Waals surface area (Å²) in [5.41, 5.74) is 1.28. The number of aromatic carboxylic acids is 1. The third kappa shape index (κ3) is 4.64. The maximum atomic E-state index is 12.2. The van der Waals surface area contributed by atoms with Gasteiger partial charge in [0.05, 0.1) is 10.5 Å². The van der Waals surface area contributed by atoms with Gasteiger partial charge >= 0.3 is 5.97 Å². The number of carboxylic acid groups (broad SMARTS) is 1. The van der Waals surface area contributed by atoms with Crippen LogP contribution in [0.1, 0.15) is 22.8 Å². The van der Waals surface area contributed by atoms with E-state index in [1.807, 2.05) is 0 Å². The summed E-state index contributed by atoms with van der Waals surface area (Å²) in [5.74, 6) is -1.28. The molecule has 0 heterocycles. The number of sulfonamides is 1. The smallest absolute Gasteiger partial charge is 0.335 e. The van der Waals surface area contributed by atoms with E-state index in [9.17, 15) is 18.0 Å². The number of anilines is 1. The van der Waals surface area contributed by atoms with Gasteiger partial charge in [-0.1, -0.05) is 12.1 Å². The highest BCUT2D eigenvalue weighted by Gasteiger charge is 2.14. The van der Waals surface area contributed by atoms with Crippen molar-refractivity contribution in [2.75, 3.05) is 5.32 Å². The standard InChI is InChI=1S/C16H16N2O5S/c1-11(19)18-14-6-8-15(9-7-14)24(22,23)17-10-12-2-4-13(5-3-12)16(20)21/h2-9,17H,10H2,1H3,(H,18,19)(H,20,21). The van der Waals surface area contributed by atoms with Gasteiger partial charge in [0, 0.05) is 19.2 Å². The van der Waals surface area contributed by atoms with Crippen LogP contribution in [0, 0.1) is 0 Å². The van der Waals surface area contributed by atoms with Gasteiger partial charge in [0.25, 0.3) is 0 Å². The number of hydrogen-bond acceptors (Lipinski definition) is 4. The average molecular weight is 348 g/mol. The molecule has 3 N–H and O–H groups in total. The van der Waals surface area contributed by atoms with E-state index in [1.54, 1.807) is 12.1 Å². The van der Waals surface area contributed by atoms with Gasteiger partial charge in [-0.25, -0.2) is 17.9 Å². The molecular weight excluding hydrogens is 332 g/mol. The molecule has 0 aliphatic rings. The Labute approximate surface area is 139 Å². The normalized spacial score (nSPS) is 11.0. The molecule has 0 unspecified atom stereocenters. The van der Waals surface area contributed by atoms with Crippen LogP contribution in [0.25, 0.3) is 0 Å². The molecule has 0 saturated heterocycles. The van der Waals surface area contributed by atoms with Gasteiger partial charge in [-0.15, -0.1) is 0 Å². The molecule has 1 amide bonds. The fourth-order valence-corrected chi connectivity index (χ4v) is 2.97. The zero-order valence-electron chi connectivity index (χ0n) is 12.8. The summed E-state index contributed by atoms with van der Waals surface area (Å²) in [5, 5.41) is 11.4. The van der Waals surface area contributed by atoms with Crippen LogP contribution < -0.4 is 10.0 Å². The lowest BCUT2D eigenvalue weighted by Gasteiger charge is -2.08. The van der Waals surface area contributed by atoms with Crippen molar-refractivity contribution < 1.29 is 23.1 Å². The lowest BCUT2D eigenvalue weighted by molar-refractivity contribution is -0.114. The molecule has 8 heteroatoms. The molecule has 0 aromatic heterocycles. The van der Waals surface area contributed by atoms with Crippen molar-refractivity contribution in [3.63, 3.8) is 0 Å². The Kier molecular flexibility index (Phi) is 5.32. The molecule has 0 atom stereocenters. The SMILES string of the molecule is CC(=O)Nc1ccc(S(=O)(=O)NCc2ccc(C(=O)O)cc2)cc1. The number of nitrogens with one attached hydrogen (secondary N) is 2. The summed E-state index contributed by atoms with van der Waals surface area (Å²) >= 11 is 0. The predicted octanol–water partition coefficient (Wildman–Crippen LogP) is 1.82. The lowest BCUT2D eigenvalue weighted by atomic mass is 10.1. The molecule has 126 valence electrons. The molecule has 0 aliphatic heterocycles. The second kappa shape index (κ2) is 7.24. The van der Waals surface area contributed by atoms with E-state index in [0.29, 0.717) is 11.3 Å². The molecule has 0 radical (unpaired) electrons. The molecule has 0 saturated carbocycles. The first-order valence-corrected chi connectivity index (χ1v) is 8.46. The largest absolute Gasteiger partial charge is 0.478 e. The monoisotopic (exact) mass is 348 g/mol. The second-order valence-electron chi connectivity index (χ2n) is 5.03. The zero-order chi connectivity index (χ0) is 17.7. The summed E-state index contributed by atoms with van der Waals surface area (Å²) in [4.78, 5) is 21.8. The van der Waals surface area contributed by atoms with Gasteiger partial charge in [-0.05, 0) is 42.0 Å². The van der Waals surface area contributed by atoms with E-state index in [-0.39, 0.29) is 22.9 Å². The lowest BCUT2D eigenvalue weighted by Crippen LogP contribution is -2.23. The number of hydrogen-bond donors (Lipinski definition) is 3. The van der Waals surface area contributed by atoms with Crippen molar-refractivity contribution in [2.24, 2.45) is 0 Å². The number of rotatable bonds is 6. The molecule has 2 aromatic carbocycles. The first-order chi connectivity index (χ1) is 11.3. The Bertz CT molecular complexity index is 843. The molecule has 2 rings (SSSR count). The molecule has 7 nitrogen and oxygen atoms in total. The van der Waals surface area contributed by atoms with Gasteiger partial charge in [-0.2, -0.15) is 0 Å². The van der Waals surface area contributed by atoms with E-state index >= 15 is 0 Å². The molecule has 2 aromatic rings. The predicted molar refractivity (Wildman–Crippen MR) is 88.2 cm³/mol. The van der Waals surface area contributed by atoms with Crippen molar-refractivity contribution in [1.82, 2.24) is 4.72 Å². The van der Waals surface area contributed by atoms with Crippen LogP contribution in [0.3, 0.4) is 0 Å². The van der Waals surface area contributed by atoms with Crippen molar-refractivity contribution >= 4 is 27.6 Å². The maximum absolute atomic E-state index is 12.2. The Balaban J connectivity index is 2.05. The van der Waals surface area contributed by atoms with E-state index < -0.39 is 16.0 Å². The van der Waals surface area contributed by atoms with Crippen LogP contribution in [0.2, 0.25) is 0 Å². The summed E-state index contributed by atoms with van der Waals surface area (Å²) in [7, 11) is -3.71. The van der Waals surface area contributed by atoms with Crippen LogP contribution in [-0.4, -0.2) is 25.4 Å². The van der Waals surface area contributed by atoms with Gasteiger partial charge in [0.1, 0.15) is 0 Å². The van der Waals surface area contributed by atoms with E-state index in [0.717, 1.165) is 0 Å². The van der Waals surface area contributed by atoms with E-state index in [2.05, 4.69) is 10.0 Å². The number of carbonyl (C=O) groups excluding carboxylic acids is 1. The van der Waals surface area contributed by atoms with Gasteiger partial charge in [0.15, 0.2) is 0 Å². The van der Waals surface area contributed by atoms with Crippen molar-refractivity contribution in [1.29, 1.82) is 0 Å². The minimum Gasteiger partial charge on any atom is -0.478 e. The summed E-state index contributed by atoms with van der Waals surface area (Å²) < 4.78 is 26.9. The molecule has 0 spiro atoms. The van der Waals surface area contributed by atoms with Crippen molar-refractivity contribution in [3.05, 3.63) is 59.7 Å². The highest BCUT2D eigenvalue weighted by Crippen LogP contribution is 2.14. The van der Waals surface area contributed by atoms with Gasteiger partial charge in [-0.3, -0.25) is 4.79 Å². The number of benzene rings is 2. The Morgan fingerprint density at radius 3 is 2.08 bits per heavy atom. The summed E-state index contributed by atoms with van der Waals surface area (Å²) in [6.07, 6.45) is 0. The highest BCUT2D eigenvalue weighted by atomic mass is 32.2. The minimum absolute atomic E-state index is 0.0374. The van der Waals surface area contributed by atoms with Crippen molar-refractivity contribution in [3.8, 4) is 0 Å². The van der Waals surface area contributed by atoms with Crippen molar-refractivity contribution in [2.45, 2.75) is 18.4 Å². The molecule has 24 heavy (non-hydrogen) atoms. The number of carboxylic acids is 1. The van der Waals surface area contributed by atoms with Gasteiger partial charge in [0.2, 0.25) is 15.9 Å². The van der Waals surface area contributed by atoms with E-state index in [1.165, 1.54) is 43.3 Å². The first kappa shape index (κ1) is 17.6. The fourth-order valence-electron chi connectivity index (χ4n) is 1.95. The second-order valence-corrected chi connectivity index (χ2v) is 6.80. The van der Waals surface area contributed by atoms with E-state index in [4.69, 9.17) is 5.11 Å². The first-order valence-electron chi connectivity index (χ1n) is 6.97. The maximum Gasteiger partial charge on any atom is 0.335 e. The summed E-state index contributed by atoms with van der Waals surface area (Å²) in [6, 6.07) is 11.7. The quantitative estimate of drug-likeness (QED) is 0.737. The Hall–Kier alpha value is -2.71. The average Bonchev–Trinajstić information content (AvgIpc) is 2.53. The Morgan fingerprint density at radius 1 is 1.00 bits per heavy atom. The number of amides is 1. The molecule has 0 aliphatic carbocycles.